The smallest absolute Gasteiger partial charge is 0.0244 e. The van der Waals surface area contributed by atoms with Gasteiger partial charge in [-0.15, -0.1) is 0 Å². The first-order valence-electron chi connectivity index (χ1n) is 9.61. The van der Waals surface area contributed by atoms with Crippen LogP contribution in [0.2, 0.25) is 0 Å². The Labute approximate surface area is 132 Å². The normalized spacial score (nSPS) is 38.9. The molecule has 3 rings (SSSR count). The highest BCUT2D eigenvalue weighted by Gasteiger charge is 2.37. The van der Waals surface area contributed by atoms with E-state index in [2.05, 4.69) is 31.0 Å². The monoisotopic (exact) mass is 292 g/mol. The van der Waals surface area contributed by atoms with Crippen LogP contribution in [0.15, 0.2) is 0 Å². The summed E-state index contributed by atoms with van der Waals surface area (Å²) in [6.07, 6.45) is 10.3. The maximum Gasteiger partial charge on any atom is 0.0244 e. The van der Waals surface area contributed by atoms with Crippen molar-refractivity contribution in [1.82, 2.24) is 10.2 Å². The number of rotatable bonds is 5. The lowest BCUT2D eigenvalue weighted by Gasteiger charge is -2.43. The van der Waals surface area contributed by atoms with Gasteiger partial charge in [0.15, 0.2) is 0 Å². The third-order valence-electron chi connectivity index (χ3n) is 6.32. The molecule has 3 fully saturated rings. The van der Waals surface area contributed by atoms with Crippen molar-refractivity contribution in [2.45, 2.75) is 77.8 Å². The highest BCUT2D eigenvalue weighted by atomic mass is 15.2. The quantitative estimate of drug-likeness (QED) is 0.826. The van der Waals surface area contributed by atoms with Crippen molar-refractivity contribution < 1.29 is 0 Å². The lowest BCUT2D eigenvalue weighted by atomic mass is 9.80. The lowest BCUT2D eigenvalue weighted by Crippen LogP contribution is -2.59. The molecule has 0 bridgehead atoms. The summed E-state index contributed by atoms with van der Waals surface area (Å²) in [6, 6.07) is 1.56. The molecule has 0 aromatic rings. The molecule has 2 nitrogen and oxygen atoms in total. The van der Waals surface area contributed by atoms with E-state index in [1.807, 2.05) is 0 Å². The first kappa shape index (κ1) is 15.8. The number of hydrogen-bond donors (Lipinski definition) is 1. The Kier molecular flexibility index (Phi) is 5.27. The van der Waals surface area contributed by atoms with E-state index in [-0.39, 0.29) is 0 Å². The molecule has 0 aromatic heterocycles. The van der Waals surface area contributed by atoms with E-state index in [0.717, 1.165) is 35.8 Å². The molecule has 21 heavy (non-hydrogen) atoms. The molecule has 0 spiro atoms. The summed E-state index contributed by atoms with van der Waals surface area (Å²) in [5.41, 5.74) is 0. The molecule has 0 aromatic carbocycles. The number of nitrogens with zero attached hydrogens (tertiary/aromatic N) is 1. The molecule has 4 unspecified atom stereocenters. The van der Waals surface area contributed by atoms with Crippen LogP contribution in [0.25, 0.3) is 0 Å². The van der Waals surface area contributed by atoms with Gasteiger partial charge in [0.05, 0.1) is 0 Å². The van der Waals surface area contributed by atoms with E-state index in [1.165, 1.54) is 64.6 Å². The summed E-state index contributed by atoms with van der Waals surface area (Å²) in [6.45, 7) is 11.1. The summed E-state index contributed by atoms with van der Waals surface area (Å²) < 4.78 is 0. The molecule has 1 saturated heterocycles. The number of hydrogen-bond acceptors (Lipinski definition) is 2. The summed E-state index contributed by atoms with van der Waals surface area (Å²) in [5.74, 6) is 3.76. The van der Waals surface area contributed by atoms with Gasteiger partial charge in [0.25, 0.3) is 0 Å². The van der Waals surface area contributed by atoms with Crippen LogP contribution >= 0.6 is 0 Å². The van der Waals surface area contributed by atoms with Crippen LogP contribution in [0, 0.1) is 23.7 Å². The minimum atomic E-state index is 0.765. The Morgan fingerprint density at radius 1 is 1.14 bits per heavy atom. The van der Waals surface area contributed by atoms with Crippen molar-refractivity contribution in [1.29, 1.82) is 0 Å². The molecular weight excluding hydrogens is 256 g/mol. The minimum absolute atomic E-state index is 0.765. The molecular formula is C19H36N2. The van der Waals surface area contributed by atoms with Gasteiger partial charge < -0.3 is 5.32 Å². The standard InChI is InChI=1S/C19H36N2/c1-14(2)19-12-20-18(17-7-8-17)13-21(19)10-9-16-6-4-5-15(3)11-16/h14-20H,4-13H2,1-3H3. The zero-order chi connectivity index (χ0) is 14.8. The van der Waals surface area contributed by atoms with E-state index in [9.17, 15) is 0 Å². The van der Waals surface area contributed by atoms with Crippen molar-refractivity contribution in [3.63, 3.8) is 0 Å². The molecule has 2 heteroatoms. The predicted molar refractivity (Wildman–Crippen MR) is 90.5 cm³/mol. The van der Waals surface area contributed by atoms with Crippen LogP contribution in [-0.2, 0) is 0 Å². The van der Waals surface area contributed by atoms with Crippen molar-refractivity contribution in [3.8, 4) is 0 Å². The van der Waals surface area contributed by atoms with E-state index >= 15 is 0 Å². The van der Waals surface area contributed by atoms with Gasteiger partial charge in [-0.3, -0.25) is 4.90 Å². The van der Waals surface area contributed by atoms with Crippen LogP contribution in [0.1, 0.15) is 65.7 Å². The molecule has 3 aliphatic rings. The van der Waals surface area contributed by atoms with Gasteiger partial charge in [-0.1, -0.05) is 40.0 Å². The van der Waals surface area contributed by atoms with E-state index in [4.69, 9.17) is 0 Å². The minimum Gasteiger partial charge on any atom is -0.311 e. The summed E-state index contributed by atoms with van der Waals surface area (Å²) in [5, 5.41) is 3.85. The third kappa shape index (κ3) is 4.22. The zero-order valence-corrected chi connectivity index (χ0v) is 14.5. The van der Waals surface area contributed by atoms with Gasteiger partial charge in [0, 0.05) is 25.2 Å². The SMILES string of the molecule is CC1CCCC(CCN2CC(C3CC3)NCC2C(C)C)C1. The molecule has 122 valence electrons. The maximum absolute atomic E-state index is 3.85. The molecule has 4 atom stereocenters. The summed E-state index contributed by atoms with van der Waals surface area (Å²) >= 11 is 0. The average Bonchev–Trinajstić information content (AvgIpc) is 3.29. The van der Waals surface area contributed by atoms with Crippen molar-refractivity contribution in [2.24, 2.45) is 23.7 Å². The number of nitrogens with one attached hydrogen (secondary N) is 1. The second-order valence-corrected chi connectivity index (χ2v) is 8.58. The molecule has 1 heterocycles. The Bertz CT molecular complexity index is 324. The lowest BCUT2D eigenvalue weighted by molar-refractivity contribution is 0.0818. The fourth-order valence-corrected chi connectivity index (χ4v) is 4.75. The maximum atomic E-state index is 3.85. The molecule has 0 amide bonds. The molecule has 1 aliphatic heterocycles. The molecule has 2 saturated carbocycles. The van der Waals surface area contributed by atoms with E-state index in [0.29, 0.717) is 0 Å². The van der Waals surface area contributed by atoms with Gasteiger partial charge in [0.2, 0.25) is 0 Å². The van der Waals surface area contributed by atoms with Gasteiger partial charge in [0.1, 0.15) is 0 Å². The van der Waals surface area contributed by atoms with Crippen molar-refractivity contribution >= 4 is 0 Å². The van der Waals surface area contributed by atoms with Gasteiger partial charge in [-0.2, -0.15) is 0 Å². The predicted octanol–water partition coefficient (Wildman–Crippen LogP) is 3.91. The second kappa shape index (κ2) is 7.00. The Morgan fingerprint density at radius 3 is 2.62 bits per heavy atom. The Hall–Kier alpha value is -0.0800. The van der Waals surface area contributed by atoms with Gasteiger partial charge in [-0.25, -0.2) is 0 Å². The third-order valence-corrected chi connectivity index (χ3v) is 6.32. The van der Waals surface area contributed by atoms with Gasteiger partial charge >= 0.3 is 0 Å². The van der Waals surface area contributed by atoms with Crippen LogP contribution in [-0.4, -0.2) is 36.6 Å². The topological polar surface area (TPSA) is 15.3 Å². The van der Waals surface area contributed by atoms with Crippen LogP contribution < -0.4 is 5.32 Å². The van der Waals surface area contributed by atoms with Crippen LogP contribution in [0.4, 0.5) is 0 Å². The second-order valence-electron chi connectivity index (χ2n) is 8.58. The number of piperazine rings is 1. The Balaban J connectivity index is 1.51. The van der Waals surface area contributed by atoms with Gasteiger partial charge in [-0.05, 0) is 55.9 Å². The van der Waals surface area contributed by atoms with E-state index in [1.54, 1.807) is 0 Å². The zero-order valence-electron chi connectivity index (χ0n) is 14.5. The molecule has 2 aliphatic carbocycles. The Morgan fingerprint density at radius 2 is 1.95 bits per heavy atom. The largest absolute Gasteiger partial charge is 0.311 e. The summed E-state index contributed by atoms with van der Waals surface area (Å²) in [7, 11) is 0. The fraction of sp³-hybridized carbons (Fsp3) is 1.00. The molecule has 1 N–H and O–H groups in total. The summed E-state index contributed by atoms with van der Waals surface area (Å²) in [4.78, 5) is 2.85. The first-order valence-corrected chi connectivity index (χ1v) is 9.61. The van der Waals surface area contributed by atoms with E-state index < -0.39 is 0 Å². The van der Waals surface area contributed by atoms with Crippen molar-refractivity contribution in [2.75, 3.05) is 19.6 Å². The molecule has 0 radical (unpaired) electrons. The first-order chi connectivity index (χ1) is 10.1. The average molecular weight is 293 g/mol. The van der Waals surface area contributed by atoms with Crippen LogP contribution in [0.5, 0.6) is 0 Å². The highest BCUT2D eigenvalue weighted by molar-refractivity contribution is 4.95. The fourth-order valence-electron chi connectivity index (χ4n) is 4.75. The van der Waals surface area contributed by atoms with Crippen LogP contribution in [0.3, 0.4) is 0 Å². The van der Waals surface area contributed by atoms with Crippen molar-refractivity contribution in [3.05, 3.63) is 0 Å². The highest BCUT2D eigenvalue weighted by Crippen LogP contribution is 2.35.